The maximum Gasteiger partial charge on any atom is 0.203 e. The molecule has 0 amide bonds. The normalized spacial score (nSPS) is 11.9. The molecule has 2 N–H and O–H groups in total. The largest absolute Gasteiger partial charge is 0.480 e. The first-order valence-electron chi connectivity index (χ1n) is 6.42. The maximum atomic E-state index is 12.4. The van der Waals surface area contributed by atoms with Crippen LogP contribution in [0.25, 0.3) is 0 Å². The molecule has 4 heteroatoms. The van der Waals surface area contributed by atoms with E-state index >= 15 is 0 Å². The lowest BCUT2D eigenvalue weighted by molar-refractivity contribution is 0.0788. The van der Waals surface area contributed by atoms with Crippen LogP contribution in [0.5, 0.6) is 5.75 Å². The first-order chi connectivity index (χ1) is 9.61. The molecule has 0 aliphatic heterocycles. The second-order valence-electron chi connectivity index (χ2n) is 4.42. The Kier molecular flexibility index (Phi) is 4.64. The van der Waals surface area contributed by atoms with Gasteiger partial charge in [0.15, 0.2) is 6.10 Å². The lowest BCUT2D eigenvalue weighted by Gasteiger charge is -2.17. The van der Waals surface area contributed by atoms with E-state index in [0.29, 0.717) is 28.4 Å². The van der Waals surface area contributed by atoms with Gasteiger partial charge in [0, 0.05) is 10.6 Å². The molecule has 20 heavy (non-hydrogen) atoms. The molecule has 3 nitrogen and oxygen atoms in total. The van der Waals surface area contributed by atoms with Gasteiger partial charge in [0.2, 0.25) is 5.78 Å². The van der Waals surface area contributed by atoms with Crippen LogP contribution in [-0.2, 0) is 0 Å². The minimum absolute atomic E-state index is 0.0765. The van der Waals surface area contributed by atoms with Crippen LogP contribution in [0.15, 0.2) is 48.5 Å². The van der Waals surface area contributed by atoms with Crippen LogP contribution < -0.4 is 10.5 Å². The van der Waals surface area contributed by atoms with Gasteiger partial charge in [0.05, 0.1) is 5.69 Å². The van der Waals surface area contributed by atoms with E-state index in [2.05, 4.69) is 0 Å². The molecule has 0 saturated heterocycles. The number of hydrogen-bond acceptors (Lipinski definition) is 3. The number of nitrogens with two attached hydrogens (primary N) is 1. The van der Waals surface area contributed by atoms with Gasteiger partial charge in [-0.2, -0.15) is 0 Å². The van der Waals surface area contributed by atoms with E-state index in [1.54, 1.807) is 36.4 Å². The van der Waals surface area contributed by atoms with Crippen molar-refractivity contribution >= 4 is 23.1 Å². The van der Waals surface area contributed by atoms with Crippen LogP contribution in [0.1, 0.15) is 23.7 Å². The van der Waals surface area contributed by atoms with Gasteiger partial charge in [-0.1, -0.05) is 30.7 Å². The van der Waals surface area contributed by atoms with Gasteiger partial charge in [0.1, 0.15) is 5.75 Å². The zero-order valence-electron chi connectivity index (χ0n) is 11.2. The number of ketones is 1. The molecule has 0 aliphatic carbocycles. The Balaban J connectivity index is 2.18. The van der Waals surface area contributed by atoms with Gasteiger partial charge in [-0.15, -0.1) is 0 Å². The lowest BCUT2D eigenvalue weighted by atomic mass is 10.0. The molecule has 2 aromatic carbocycles. The molecule has 0 aliphatic rings. The molecule has 0 saturated carbocycles. The molecular formula is C16H16ClNO2. The van der Waals surface area contributed by atoms with Gasteiger partial charge >= 0.3 is 0 Å². The van der Waals surface area contributed by atoms with Gasteiger partial charge < -0.3 is 10.5 Å². The topological polar surface area (TPSA) is 52.3 Å². The zero-order valence-corrected chi connectivity index (χ0v) is 11.9. The number of carbonyl (C=O) groups excluding carboxylic acids is 1. The number of Topliss-reactive ketones (excluding diaryl/α,β-unsaturated/α-hetero) is 1. The van der Waals surface area contributed by atoms with Crippen molar-refractivity contribution in [3.8, 4) is 5.75 Å². The highest BCUT2D eigenvalue weighted by atomic mass is 35.5. The van der Waals surface area contributed by atoms with Crippen LogP contribution >= 0.6 is 11.6 Å². The zero-order chi connectivity index (χ0) is 14.5. The van der Waals surface area contributed by atoms with Gasteiger partial charge in [-0.25, -0.2) is 0 Å². The molecule has 1 unspecified atom stereocenters. The van der Waals surface area contributed by atoms with Crippen molar-refractivity contribution in [3.63, 3.8) is 0 Å². The quantitative estimate of drug-likeness (QED) is 0.669. The third kappa shape index (κ3) is 3.31. The average molecular weight is 290 g/mol. The first kappa shape index (κ1) is 14.4. The molecule has 2 rings (SSSR count). The number of hydrogen-bond donors (Lipinski definition) is 1. The Labute approximate surface area is 123 Å². The third-order valence-corrected chi connectivity index (χ3v) is 3.23. The van der Waals surface area contributed by atoms with Crippen LogP contribution in [0, 0.1) is 0 Å². The third-order valence-electron chi connectivity index (χ3n) is 2.98. The summed E-state index contributed by atoms with van der Waals surface area (Å²) in [7, 11) is 0. The van der Waals surface area contributed by atoms with E-state index in [0.717, 1.165) is 0 Å². The highest BCUT2D eigenvalue weighted by Crippen LogP contribution is 2.23. The summed E-state index contributed by atoms with van der Waals surface area (Å²) >= 11 is 5.82. The van der Waals surface area contributed by atoms with Crippen LogP contribution in [-0.4, -0.2) is 11.9 Å². The number of rotatable bonds is 5. The summed E-state index contributed by atoms with van der Waals surface area (Å²) < 4.78 is 5.73. The lowest BCUT2D eigenvalue weighted by Crippen LogP contribution is -2.27. The van der Waals surface area contributed by atoms with Crippen LogP contribution in [0.2, 0.25) is 5.02 Å². The number of ether oxygens (including phenoxy) is 1. The monoisotopic (exact) mass is 289 g/mol. The Bertz CT molecular complexity index is 596. The highest BCUT2D eigenvalue weighted by molar-refractivity contribution is 6.30. The summed E-state index contributed by atoms with van der Waals surface area (Å²) in [5.41, 5.74) is 6.93. The van der Waals surface area contributed by atoms with Gasteiger partial charge in [0.25, 0.3) is 0 Å². The molecule has 0 fully saturated rings. The Morgan fingerprint density at radius 3 is 2.45 bits per heavy atom. The van der Waals surface area contributed by atoms with Crippen LogP contribution in [0.3, 0.4) is 0 Å². The number of benzene rings is 2. The van der Waals surface area contributed by atoms with E-state index in [1.165, 1.54) is 0 Å². The van der Waals surface area contributed by atoms with E-state index in [-0.39, 0.29) is 5.78 Å². The second kappa shape index (κ2) is 6.44. The SMILES string of the molecule is CCC(Oc1ccccc1N)C(=O)c1ccc(Cl)cc1. The molecule has 0 heterocycles. The van der Waals surface area contributed by atoms with E-state index in [1.807, 2.05) is 19.1 Å². The molecule has 0 bridgehead atoms. The fourth-order valence-electron chi connectivity index (χ4n) is 1.86. The number of nitrogen functional groups attached to an aromatic ring is 1. The van der Waals surface area contributed by atoms with E-state index in [9.17, 15) is 4.79 Å². The molecule has 1 atom stereocenters. The molecule has 0 spiro atoms. The van der Waals surface area contributed by atoms with E-state index in [4.69, 9.17) is 22.1 Å². The number of halogens is 1. The Morgan fingerprint density at radius 2 is 1.85 bits per heavy atom. The summed E-state index contributed by atoms with van der Waals surface area (Å²) in [4.78, 5) is 12.4. The Hall–Kier alpha value is -2.00. The highest BCUT2D eigenvalue weighted by Gasteiger charge is 2.20. The summed E-state index contributed by atoms with van der Waals surface area (Å²) in [6.07, 6.45) is 0.0105. The number of carbonyl (C=O) groups is 1. The number of anilines is 1. The predicted molar refractivity (Wildman–Crippen MR) is 81.3 cm³/mol. The van der Waals surface area contributed by atoms with Crippen molar-refractivity contribution in [2.75, 3.05) is 5.73 Å². The van der Waals surface area contributed by atoms with E-state index < -0.39 is 6.10 Å². The minimum atomic E-state index is -0.555. The molecule has 0 aromatic heterocycles. The van der Waals surface area contributed by atoms with Crippen LogP contribution in [0.4, 0.5) is 5.69 Å². The summed E-state index contributed by atoms with van der Waals surface area (Å²) in [6.45, 7) is 1.90. The van der Waals surface area contributed by atoms with Crippen molar-refractivity contribution in [1.29, 1.82) is 0 Å². The van der Waals surface area contributed by atoms with Crippen molar-refractivity contribution in [2.45, 2.75) is 19.4 Å². The van der Waals surface area contributed by atoms with Crippen molar-refractivity contribution < 1.29 is 9.53 Å². The molecule has 0 radical (unpaired) electrons. The molecule has 104 valence electrons. The predicted octanol–water partition coefficient (Wildman–Crippen LogP) is 3.96. The maximum absolute atomic E-state index is 12.4. The average Bonchev–Trinajstić information content (AvgIpc) is 2.46. The summed E-state index contributed by atoms with van der Waals surface area (Å²) in [5, 5.41) is 0.600. The molecule has 2 aromatic rings. The summed E-state index contributed by atoms with van der Waals surface area (Å²) in [5.74, 6) is 0.453. The standard InChI is InChI=1S/C16H16ClNO2/c1-2-14(20-15-6-4-3-5-13(15)18)16(19)11-7-9-12(17)10-8-11/h3-10,14H,2,18H2,1H3. The Morgan fingerprint density at radius 1 is 1.20 bits per heavy atom. The van der Waals surface area contributed by atoms with Gasteiger partial charge in [-0.3, -0.25) is 4.79 Å². The smallest absolute Gasteiger partial charge is 0.203 e. The second-order valence-corrected chi connectivity index (χ2v) is 4.86. The first-order valence-corrected chi connectivity index (χ1v) is 6.80. The van der Waals surface area contributed by atoms with Crippen molar-refractivity contribution in [3.05, 3.63) is 59.1 Å². The van der Waals surface area contributed by atoms with Gasteiger partial charge in [-0.05, 0) is 42.8 Å². The fraction of sp³-hybridized carbons (Fsp3) is 0.188. The number of para-hydroxylation sites is 2. The van der Waals surface area contributed by atoms with Crippen molar-refractivity contribution in [2.24, 2.45) is 0 Å². The fourth-order valence-corrected chi connectivity index (χ4v) is 1.99. The summed E-state index contributed by atoms with van der Waals surface area (Å²) in [6, 6.07) is 13.9. The molecular weight excluding hydrogens is 274 g/mol. The van der Waals surface area contributed by atoms with Crippen molar-refractivity contribution in [1.82, 2.24) is 0 Å². The minimum Gasteiger partial charge on any atom is -0.480 e.